The largest absolute Gasteiger partial charge is 0.507 e. The molecule has 5 rings (SSSR count). The van der Waals surface area contributed by atoms with Crippen LogP contribution in [-0.4, -0.2) is 42.0 Å². The average molecular weight is 499 g/mol. The first kappa shape index (κ1) is 22.7. The highest BCUT2D eigenvalue weighted by atomic mass is 35.5. The number of piperazine rings is 1. The lowest BCUT2D eigenvalue weighted by Crippen LogP contribution is -2.46. The summed E-state index contributed by atoms with van der Waals surface area (Å²) in [5.74, 6) is -0.0341. The number of allylic oxidation sites excluding steroid dienone is 1. The van der Waals surface area contributed by atoms with Crippen molar-refractivity contribution in [3.63, 3.8) is 0 Å². The first-order valence-corrected chi connectivity index (χ1v) is 11.6. The maximum Gasteiger partial charge on any atom is 0.231 e. The van der Waals surface area contributed by atoms with Crippen LogP contribution in [0.1, 0.15) is 21.5 Å². The van der Waals surface area contributed by atoms with E-state index in [-0.39, 0.29) is 23.1 Å². The van der Waals surface area contributed by atoms with Gasteiger partial charge in [-0.15, -0.1) is 0 Å². The Hall–Kier alpha value is -3.06. The number of ketones is 1. The molecule has 8 heteroatoms. The fraction of sp³-hybridized carbons (Fsp3) is 0.192. The quantitative estimate of drug-likeness (QED) is 0.462. The summed E-state index contributed by atoms with van der Waals surface area (Å²) in [6.07, 6.45) is 1.53. The van der Waals surface area contributed by atoms with Crippen LogP contribution in [0.15, 0.2) is 60.4 Å². The number of carbonyl (C=O) groups is 1. The van der Waals surface area contributed by atoms with Gasteiger partial charge in [-0.3, -0.25) is 9.69 Å². The molecule has 0 aliphatic carbocycles. The number of halogens is 3. The van der Waals surface area contributed by atoms with Gasteiger partial charge in [-0.2, -0.15) is 0 Å². The van der Waals surface area contributed by atoms with Gasteiger partial charge < -0.3 is 14.7 Å². The van der Waals surface area contributed by atoms with Gasteiger partial charge in [0.05, 0.1) is 16.8 Å². The number of rotatable bonds is 4. The fourth-order valence-corrected chi connectivity index (χ4v) is 4.81. The summed E-state index contributed by atoms with van der Waals surface area (Å²) in [6, 6.07) is 14.9. The third kappa shape index (κ3) is 4.25. The topological polar surface area (TPSA) is 53.0 Å². The third-order valence-electron chi connectivity index (χ3n) is 6.14. The average Bonchev–Trinajstić information content (AvgIpc) is 3.14. The van der Waals surface area contributed by atoms with Gasteiger partial charge in [0.25, 0.3) is 0 Å². The lowest BCUT2D eigenvalue weighted by molar-refractivity contribution is 0.101. The number of aromatic hydroxyl groups is 1. The Morgan fingerprint density at radius 2 is 1.68 bits per heavy atom. The van der Waals surface area contributed by atoms with Gasteiger partial charge in [-0.25, -0.2) is 4.39 Å². The van der Waals surface area contributed by atoms with Gasteiger partial charge >= 0.3 is 0 Å². The molecule has 0 amide bonds. The zero-order valence-corrected chi connectivity index (χ0v) is 19.6. The van der Waals surface area contributed by atoms with Crippen LogP contribution in [0.4, 0.5) is 10.1 Å². The monoisotopic (exact) mass is 498 g/mol. The normalized spacial score (nSPS) is 17.2. The van der Waals surface area contributed by atoms with Crippen molar-refractivity contribution in [1.29, 1.82) is 0 Å². The van der Waals surface area contributed by atoms with Gasteiger partial charge in [-0.05, 0) is 42.5 Å². The maximum absolute atomic E-state index is 14.1. The van der Waals surface area contributed by atoms with Gasteiger partial charge in [0, 0.05) is 48.3 Å². The van der Waals surface area contributed by atoms with E-state index in [9.17, 15) is 14.3 Å². The molecule has 174 valence electrons. The molecule has 0 bridgehead atoms. The number of ether oxygens (including phenoxy) is 1. The molecule has 1 saturated heterocycles. The molecule has 2 aliphatic rings. The Morgan fingerprint density at radius 3 is 2.38 bits per heavy atom. The standard InChI is InChI=1S/C26H21Cl2FN2O3/c27-19-4-3-5-20(28)17(19)14-24-25(33)16-8-9-23(32)18(26(16)34-24)15-30-10-12-31(13-11-30)22-7-2-1-6-21(22)29/h1-9,14,32H,10-13,15H2/b24-14-. The first-order chi connectivity index (χ1) is 16.4. The summed E-state index contributed by atoms with van der Waals surface area (Å²) in [6.45, 7) is 3.03. The second-order valence-electron chi connectivity index (χ2n) is 8.23. The highest BCUT2D eigenvalue weighted by molar-refractivity contribution is 6.37. The molecule has 1 fully saturated rings. The van der Waals surface area contributed by atoms with E-state index in [0.29, 0.717) is 70.9 Å². The molecule has 0 spiro atoms. The van der Waals surface area contributed by atoms with E-state index < -0.39 is 0 Å². The lowest BCUT2D eigenvalue weighted by atomic mass is 10.0. The molecule has 0 atom stereocenters. The van der Waals surface area contributed by atoms with Crippen molar-refractivity contribution in [1.82, 2.24) is 4.90 Å². The van der Waals surface area contributed by atoms with E-state index in [1.54, 1.807) is 36.4 Å². The Bertz CT molecular complexity index is 1280. The van der Waals surface area contributed by atoms with E-state index >= 15 is 0 Å². The molecule has 34 heavy (non-hydrogen) atoms. The summed E-state index contributed by atoms with van der Waals surface area (Å²) in [5.41, 5.74) is 2.01. The zero-order chi connectivity index (χ0) is 23.8. The van der Waals surface area contributed by atoms with Crippen LogP contribution in [0, 0.1) is 5.82 Å². The van der Waals surface area contributed by atoms with Crippen molar-refractivity contribution in [3.05, 3.63) is 92.9 Å². The van der Waals surface area contributed by atoms with Crippen LogP contribution in [0.5, 0.6) is 11.5 Å². The summed E-state index contributed by atoms with van der Waals surface area (Å²) >= 11 is 12.5. The van der Waals surface area contributed by atoms with Crippen LogP contribution in [0.2, 0.25) is 10.0 Å². The molecule has 0 radical (unpaired) electrons. The number of Topliss-reactive ketones (excluding diaryl/α,β-unsaturated/α-hetero) is 1. The van der Waals surface area contributed by atoms with E-state index in [4.69, 9.17) is 27.9 Å². The molecular formula is C26H21Cl2FN2O3. The minimum Gasteiger partial charge on any atom is -0.507 e. The molecule has 2 heterocycles. The Balaban J connectivity index is 1.36. The van der Waals surface area contributed by atoms with Crippen LogP contribution >= 0.6 is 23.2 Å². The molecule has 0 aromatic heterocycles. The Kier molecular flexibility index (Phi) is 6.21. The second-order valence-corrected chi connectivity index (χ2v) is 9.04. The minimum absolute atomic E-state index is 0.0557. The molecule has 2 aliphatic heterocycles. The summed E-state index contributed by atoms with van der Waals surface area (Å²) in [4.78, 5) is 17.1. The van der Waals surface area contributed by atoms with Crippen LogP contribution in [0.3, 0.4) is 0 Å². The van der Waals surface area contributed by atoms with Crippen LogP contribution < -0.4 is 9.64 Å². The number of fused-ring (bicyclic) bond motifs is 1. The van der Waals surface area contributed by atoms with Gasteiger partial charge in [0.1, 0.15) is 17.3 Å². The smallest absolute Gasteiger partial charge is 0.231 e. The zero-order valence-electron chi connectivity index (χ0n) is 18.1. The van der Waals surface area contributed by atoms with Crippen LogP contribution in [-0.2, 0) is 6.54 Å². The lowest BCUT2D eigenvalue weighted by Gasteiger charge is -2.36. The van der Waals surface area contributed by atoms with Gasteiger partial charge in [-0.1, -0.05) is 41.4 Å². The second kappa shape index (κ2) is 9.29. The Labute approximate surface area is 206 Å². The van der Waals surface area contributed by atoms with Gasteiger partial charge in [0.2, 0.25) is 5.78 Å². The predicted octanol–water partition coefficient (Wildman–Crippen LogP) is 5.78. The number of phenols is 1. The first-order valence-electron chi connectivity index (χ1n) is 10.9. The molecule has 0 saturated carbocycles. The van der Waals surface area contributed by atoms with E-state index in [1.807, 2.05) is 11.0 Å². The highest BCUT2D eigenvalue weighted by Gasteiger charge is 2.32. The third-order valence-corrected chi connectivity index (χ3v) is 6.80. The number of benzene rings is 3. The number of anilines is 1. The Morgan fingerprint density at radius 1 is 0.971 bits per heavy atom. The number of hydrogen-bond donors (Lipinski definition) is 1. The summed E-state index contributed by atoms with van der Waals surface area (Å²) in [5, 5.41) is 11.4. The minimum atomic E-state index is -0.295. The van der Waals surface area contributed by atoms with Crippen LogP contribution in [0.25, 0.3) is 6.08 Å². The molecule has 3 aromatic rings. The van der Waals surface area contributed by atoms with Crippen molar-refractivity contribution < 1.29 is 19.0 Å². The number of hydrogen-bond acceptors (Lipinski definition) is 5. The molecule has 3 aromatic carbocycles. The van der Waals surface area contributed by atoms with E-state index in [2.05, 4.69) is 4.90 Å². The van der Waals surface area contributed by atoms with E-state index in [1.165, 1.54) is 18.2 Å². The summed E-state index contributed by atoms with van der Waals surface area (Å²) < 4.78 is 20.1. The van der Waals surface area contributed by atoms with Crippen molar-refractivity contribution in [2.75, 3.05) is 31.1 Å². The van der Waals surface area contributed by atoms with Crippen molar-refractivity contribution in [3.8, 4) is 11.5 Å². The summed E-state index contributed by atoms with van der Waals surface area (Å²) in [7, 11) is 0. The van der Waals surface area contributed by atoms with Crippen molar-refractivity contribution >= 4 is 40.7 Å². The van der Waals surface area contributed by atoms with Gasteiger partial charge in [0.15, 0.2) is 5.76 Å². The number of para-hydroxylation sites is 1. The molecule has 1 N–H and O–H groups in total. The molecular weight excluding hydrogens is 478 g/mol. The SMILES string of the molecule is O=C1/C(=C/c2c(Cl)cccc2Cl)Oc2c1ccc(O)c2CN1CCN(c2ccccc2F)CC1. The maximum atomic E-state index is 14.1. The van der Waals surface area contributed by atoms with E-state index in [0.717, 1.165) is 0 Å². The van der Waals surface area contributed by atoms with Crippen molar-refractivity contribution in [2.24, 2.45) is 0 Å². The fourth-order valence-electron chi connectivity index (χ4n) is 4.31. The predicted molar refractivity (Wildman–Crippen MR) is 131 cm³/mol. The number of phenolic OH excluding ortho intramolecular Hbond substituents is 1. The van der Waals surface area contributed by atoms with Crippen molar-refractivity contribution in [2.45, 2.75) is 6.54 Å². The highest BCUT2D eigenvalue weighted by Crippen LogP contribution is 2.41. The number of nitrogens with zero attached hydrogens (tertiary/aromatic N) is 2. The molecule has 0 unspecified atom stereocenters. The molecule has 5 nitrogen and oxygen atoms in total. The number of carbonyl (C=O) groups excluding carboxylic acids is 1.